The van der Waals surface area contributed by atoms with Gasteiger partial charge in [-0.2, -0.15) is 4.72 Å². The van der Waals surface area contributed by atoms with Crippen molar-refractivity contribution < 1.29 is 18.3 Å². The zero-order chi connectivity index (χ0) is 15.6. The van der Waals surface area contributed by atoms with Crippen molar-refractivity contribution >= 4 is 31.9 Å². The van der Waals surface area contributed by atoms with Crippen molar-refractivity contribution in [2.75, 3.05) is 0 Å². The van der Waals surface area contributed by atoms with Crippen LogP contribution in [0.4, 0.5) is 0 Å². The van der Waals surface area contributed by atoms with Crippen molar-refractivity contribution in [1.29, 1.82) is 0 Å². The SMILES string of the molecule is CCC(CC)(NS(=O)(=O)c1cc(Br)ccc1C)C(=O)O. The third-order valence-corrected chi connectivity index (χ3v) is 5.56. The molecule has 0 amide bonds. The molecule has 0 fully saturated rings. The summed E-state index contributed by atoms with van der Waals surface area (Å²) >= 11 is 3.22. The van der Waals surface area contributed by atoms with Crippen molar-refractivity contribution in [3.05, 3.63) is 28.2 Å². The summed E-state index contributed by atoms with van der Waals surface area (Å²) in [6.45, 7) is 4.96. The summed E-state index contributed by atoms with van der Waals surface area (Å²) in [5, 5.41) is 9.32. The number of halogens is 1. The summed E-state index contributed by atoms with van der Waals surface area (Å²) < 4.78 is 27.9. The number of aliphatic carboxylic acids is 1. The summed E-state index contributed by atoms with van der Waals surface area (Å²) in [6, 6.07) is 4.87. The largest absolute Gasteiger partial charge is 0.480 e. The highest BCUT2D eigenvalue weighted by Crippen LogP contribution is 2.24. The maximum Gasteiger partial charge on any atom is 0.324 e. The van der Waals surface area contributed by atoms with E-state index in [0.29, 0.717) is 10.0 Å². The first-order chi connectivity index (χ1) is 9.18. The first-order valence-electron chi connectivity index (χ1n) is 6.22. The molecule has 0 saturated heterocycles. The minimum absolute atomic E-state index is 0.0828. The molecule has 1 aromatic rings. The molecule has 0 aliphatic rings. The molecule has 112 valence electrons. The highest BCUT2D eigenvalue weighted by atomic mass is 79.9. The third-order valence-electron chi connectivity index (χ3n) is 3.39. The van der Waals surface area contributed by atoms with E-state index in [0.717, 1.165) is 0 Å². The number of nitrogens with one attached hydrogen (secondary N) is 1. The molecule has 0 heterocycles. The Labute approximate surface area is 127 Å². The normalized spacial score (nSPS) is 12.4. The second kappa shape index (κ2) is 6.24. The van der Waals surface area contributed by atoms with Crippen LogP contribution >= 0.6 is 15.9 Å². The summed E-state index contributed by atoms with van der Waals surface area (Å²) in [4.78, 5) is 11.5. The molecule has 0 unspecified atom stereocenters. The molecule has 7 heteroatoms. The quantitative estimate of drug-likeness (QED) is 0.813. The Kier molecular flexibility index (Phi) is 5.34. The van der Waals surface area contributed by atoms with Crippen molar-refractivity contribution in [3.63, 3.8) is 0 Å². The monoisotopic (exact) mass is 363 g/mol. The molecular weight excluding hydrogens is 346 g/mol. The lowest BCUT2D eigenvalue weighted by atomic mass is 9.95. The van der Waals surface area contributed by atoms with Crippen LogP contribution in [0.25, 0.3) is 0 Å². The molecule has 0 saturated carbocycles. The van der Waals surface area contributed by atoms with Crippen LogP contribution in [-0.4, -0.2) is 25.0 Å². The maximum absolute atomic E-state index is 12.4. The van der Waals surface area contributed by atoms with E-state index in [1.54, 1.807) is 32.9 Å². The van der Waals surface area contributed by atoms with Gasteiger partial charge in [-0.1, -0.05) is 35.8 Å². The lowest BCUT2D eigenvalue weighted by Gasteiger charge is -2.28. The van der Waals surface area contributed by atoms with Crippen LogP contribution in [0, 0.1) is 6.92 Å². The Hall–Kier alpha value is -0.920. The minimum Gasteiger partial charge on any atom is -0.480 e. The molecule has 2 N–H and O–H groups in total. The molecule has 0 radical (unpaired) electrons. The van der Waals surface area contributed by atoms with E-state index in [1.165, 1.54) is 6.07 Å². The van der Waals surface area contributed by atoms with Gasteiger partial charge in [-0.15, -0.1) is 0 Å². The summed E-state index contributed by atoms with van der Waals surface area (Å²) in [6.07, 6.45) is 0.343. The highest BCUT2D eigenvalue weighted by Gasteiger charge is 2.39. The number of sulfonamides is 1. The number of hydrogen-bond acceptors (Lipinski definition) is 3. The topological polar surface area (TPSA) is 83.5 Å². The van der Waals surface area contributed by atoms with Gasteiger partial charge in [-0.05, 0) is 37.5 Å². The number of rotatable bonds is 6. The highest BCUT2D eigenvalue weighted by molar-refractivity contribution is 9.10. The zero-order valence-electron chi connectivity index (χ0n) is 11.6. The molecule has 0 aliphatic carbocycles. The Balaban J connectivity index is 3.30. The van der Waals surface area contributed by atoms with E-state index in [4.69, 9.17) is 0 Å². The predicted molar refractivity (Wildman–Crippen MR) is 80.1 cm³/mol. The molecule has 5 nitrogen and oxygen atoms in total. The summed E-state index contributed by atoms with van der Waals surface area (Å²) in [7, 11) is -3.90. The van der Waals surface area contributed by atoms with Crippen LogP contribution in [0.1, 0.15) is 32.3 Å². The van der Waals surface area contributed by atoms with Gasteiger partial charge in [0, 0.05) is 4.47 Å². The lowest BCUT2D eigenvalue weighted by Crippen LogP contribution is -2.53. The lowest BCUT2D eigenvalue weighted by molar-refractivity contribution is -0.144. The van der Waals surface area contributed by atoms with Crippen molar-refractivity contribution in [2.24, 2.45) is 0 Å². The van der Waals surface area contributed by atoms with Gasteiger partial charge in [0.25, 0.3) is 0 Å². The van der Waals surface area contributed by atoms with E-state index in [1.807, 2.05) is 0 Å². The fraction of sp³-hybridized carbons (Fsp3) is 0.462. The predicted octanol–water partition coefficient (Wildman–Crippen LogP) is 2.68. The molecule has 1 aromatic carbocycles. The van der Waals surface area contributed by atoms with Crippen LogP contribution < -0.4 is 4.72 Å². The Morgan fingerprint density at radius 2 is 1.90 bits per heavy atom. The van der Waals surface area contributed by atoms with E-state index < -0.39 is 21.5 Å². The number of carboxylic acid groups (broad SMARTS) is 1. The molecule has 0 atom stereocenters. The molecule has 0 aliphatic heterocycles. The Morgan fingerprint density at radius 1 is 1.35 bits per heavy atom. The second-order valence-corrected chi connectivity index (χ2v) is 7.18. The van der Waals surface area contributed by atoms with E-state index >= 15 is 0 Å². The van der Waals surface area contributed by atoms with Gasteiger partial charge < -0.3 is 5.11 Å². The first kappa shape index (κ1) is 17.1. The van der Waals surface area contributed by atoms with Gasteiger partial charge in [-0.3, -0.25) is 4.79 Å². The second-order valence-electron chi connectivity index (χ2n) is 4.61. The molecule has 20 heavy (non-hydrogen) atoms. The number of carboxylic acids is 1. The average Bonchev–Trinajstić information content (AvgIpc) is 2.38. The molecule has 0 bridgehead atoms. The van der Waals surface area contributed by atoms with Gasteiger partial charge in [0.2, 0.25) is 10.0 Å². The first-order valence-corrected chi connectivity index (χ1v) is 8.49. The summed E-state index contributed by atoms with van der Waals surface area (Å²) in [5.41, 5.74) is -0.916. The van der Waals surface area contributed by atoms with Gasteiger partial charge in [0.1, 0.15) is 5.54 Å². The van der Waals surface area contributed by atoms with Crippen LogP contribution in [0.5, 0.6) is 0 Å². The van der Waals surface area contributed by atoms with Crippen molar-refractivity contribution in [2.45, 2.75) is 44.0 Å². The zero-order valence-corrected chi connectivity index (χ0v) is 14.0. The molecule has 0 spiro atoms. The van der Waals surface area contributed by atoms with Crippen molar-refractivity contribution in [3.8, 4) is 0 Å². The number of aryl methyl sites for hydroxylation is 1. The van der Waals surface area contributed by atoms with E-state index in [9.17, 15) is 18.3 Å². The Bertz CT molecular complexity index is 609. The van der Waals surface area contributed by atoms with Gasteiger partial charge in [0.05, 0.1) is 4.90 Å². The fourth-order valence-electron chi connectivity index (χ4n) is 1.92. The van der Waals surface area contributed by atoms with Gasteiger partial charge in [-0.25, -0.2) is 8.42 Å². The fourth-order valence-corrected chi connectivity index (χ4v) is 4.20. The minimum atomic E-state index is -3.90. The average molecular weight is 364 g/mol. The smallest absolute Gasteiger partial charge is 0.324 e. The molecule has 0 aromatic heterocycles. The van der Waals surface area contributed by atoms with E-state index in [-0.39, 0.29) is 17.7 Å². The molecule has 1 rings (SSSR count). The van der Waals surface area contributed by atoms with Gasteiger partial charge in [0.15, 0.2) is 0 Å². The third kappa shape index (κ3) is 3.39. The van der Waals surface area contributed by atoms with Gasteiger partial charge >= 0.3 is 5.97 Å². The maximum atomic E-state index is 12.4. The number of benzene rings is 1. The van der Waals surface area contributed by atoms with Crippen LogP contribution in [0.2, 0.25) is 0 Å². The van der Waals surface area contributed by atoms with Crippen molar-refractivity contribution in [1.82, 2.24) is 4.72 Å². The van der Waals surface area contributed by atoms with Crippen LogP contribution in [0.15, 0.2) is 27.6 Å². The van der Waals surface area contributed by atoms with Crippen LogP contribution in [-0.2, 0) is 14.8 Å². The Morgan fingerprint density at radius 3 is 2.35 bits per heavy atom. The van der Waals surface area contributed by atoms with E-state index in [2.05, 4.69) is 20.7 Å². The standard InChI is InChI=1S/C13H18BrNO4S/c1-4-13(5-2,12(16)17)15-20(18,19)11-8-10(14)7-6-9(11)3/h6-8,15H,4-5H2,1-3H3,(H,16,17). The molecular formula is C13H18BrNO4S. The summed E-state index contributed by atoms with van der Waals surface area (Å²) in [5.74, 6) is -1.17. The number of carbonyl (C=O) groups is 1. The number of hydrogen-bond donors (Lipinski definition) is 2. The van der Waals surface area contributed by atoms with Crippen LogP contribution in [0.3, 0.4) is 0 Å².